The highest BCUT2D eigenvalue weighted by Gasteiger charge is 2.34. The summed E-state index contributed by atoms with van der Waals surface area (Å²) in [5, 5.41) is 0.387. The molecule has 0 bridgehead atoms. The number of aromatic nitrogens is 4. The van der Waals surface area contributed by atoms with Crippen molar-refractivity contribution in [1.82, 2.24) is 28.7 Å². The Balaban J connectivity index is 1.39. The van der Waals surface area contributed by atoms with Gasteiger partial charge in [-0.2, -0.15) is 4.31 Å². The van der Waals surface area contributed by atoms with Gasteiger partial charge in [-0.25, -0.2) is 23.2 Å². The molecule has 5 aromatic rings. The molecule has 1 atom stereocenters. The molecule has 226 valence electrons. The number of benzene rings is 3. The lowest BCUT2D eigenvalue weighted by atomic mass is 10.1. The minimum absolute atomic E-state index is 0.122. The molecule has 2 aromatic heterocycles. The number of nitrogens with one attached hydrogen (secondary N) is 1. The summed E-state index contributed by atoms with van der Waals surface area (Å²) in [4.78, 5) is 31.3. The summed E-state index contributed by atoms with van der Waals surface area (Å²) in [6, 6.07) is 15.8. The second-order valence-electron chi connectivity index (χ2n) is 11.2. The predicted octanol–water partition coefficient (Wildman–Crippen LogP) is 4.65. The highest BCUT2D eigenvalue weighted by Crippen LogP contribution is 2.33. The van der Waals surface area contributed by atoms with Gasteiger partial charge in [-0.05, 0) is 62.8 Å². The van der Waals surface area contributed by atoms with Crippen molar-refractivity contribution in [2.45, 2.75) is 37.2 Å². The second kappa shape index (κ2) is 11.8. The van der Waals surface area contributed by atoms with Crippen LogP contribution in [0.15, 0.2) is 70.6 Å². The summed E-state index contributed by atoms with van der Waals surface area (Å²) in [6.45, 7) is 10.9. The highest BCUT2D eigenvalue weighted by atomic mass is 32.2. The van der Waals surface area contributed by atoms with Crippen LogP contribution in [0.5, 0.6) is 5.75 Å². The molecule has 0 saturated carbocycles. The maximum Gasteiger partial charge on any atom is 0.259 e. The van der Waals surface area contributed by atoms with E-state index >= 15 is 0 Å². The number of fused-ring (bicyclic) bond motifs is 2. The van der Waals surface area contributed by atoms with E-state index in [0.717, 1.165) is 23.9 Å². The molecule has 1 unspecified atom stereocenters. The first-order chi connectivity index (χ1) is 21.2. The Bertz CT molecular complexity index is 2060. The normalized spacial score (nSPS) is 15.8. The van der Waals surface area contributed by atoms with Crippen LogP contribution in [-0.2, 0) is 16.6 Å². The molecule has 0 amide bonds. The van der Waals surface area contributed by atoms with Gasteiger partial charge in [0.05, 0.1) is 51.9 Å². The molecular weight excluding hydrogens is 578 g/mol. The Morgan fingerprint density at radius 2 is 1.91 bits per heavy atom. The molecule has 0 aliphatic carbocycles. The monoisotopic (exact) mass is 611 g/mol. The van der Waals surface area contributed by atoms with Gasteiger partial charge in [0.1, 0.15) is 11.6 Å². The summed E-state index contributed by atoms with van der Waals surface area (Å²) >= 11 is 0. The fourth-order valence-electron chi connectivity index (χ4n) is 5.51. The van der Waals surface area contributed by atoms with E-state index < -0.39 is 10.0 Å². The van der Waals surface area contributed by atoms with Crippen LogP contribution < -0.4 is 10.3 Å². The fraction of sp³-hybridized carbons (Fsp3) is 0.312. The van der Waals surface area contributed by atoms with Crippen molar-refractivity contribution in [3.63, 3.8) is 0 Å². The van der Waals surface area contributed by atoms with Crippen LogP contribution >= 0.6 is 0 Å². The molecule has 6 rings (SSSR count). The zero-order chi connectivity index (χ0) is 31.0. The van der Waals surface area contributed by atoms with Crippen LogP contribution in [-0.4, -0.2) is 77.0 Å². The van der Waals surface area contributed by atoms with Gasteiger partial charge in [-0.15, -0.1) is 0 Å². The van der Waals surface area contributed by atoms with Gasteiger partial charge in [0.2, 0.25) is 10.0 Å². The van der Waals surface area contributed by atoms with Crippen LogP contribution in [0.3, 0.4) is 0 Å². The number of aromatic amines is 1. The van der Waals surface area contributed by atoms with Crippen molar-refractivity contribution in [3.05, 3.63) is 88.3 Å². The Kier molecular flexibility index (Phi) is 7.94. The zero-order valence-electron chi connectivity index (χ0n) is 24.8. The molecule has 3 aromatic carbocycles. The molecule has 12 heteroatoms. The third-order valence-corrected chi connectivity index (χ3v) is 9.89. The smallest absolute Gasteiger partial charge is 0.259 e. The fourth-order valence-corrected chi connectivity index (χ4v) is 7.03. The van der Waals surface area contributed by atoms with E-state index in [1.807, 2.05) is 42.6 Å². The van der Waals surface area contributed by atoms with E-state index in [4.69, 9.17) is 16.3 Å². The molecule has 1 saturated heterocycles. The van der Waals surface area contributed by atoms with Crippen molar-refractivity contribution in [3.8, 4) is 17.1 Å². The van der Waals surface area contributed by atoms with E-state index in [9.17, 15) is 13.2 Å². The van der Waals surface area contributed by atoms with Crippen LogP contribution in [0.2, 0.25) is 0 Å². The Hall–Kier alpha value is -4.57. The SMILES string of the molecule is [C-]#[N+]c1ccc(Cn2cnc3cc4nc(-c5cc(S(=O)(=O)N6CCC(N(C)C)C6)ccc5OCCC)[nH]c(=O)c4cc32)cc1. The molecule has 1 fully saturated rings. The van der Waals surface area contributed by atoms with Gasteiger partial charge in [-0.3, -0.25) is 4.79 Å². The third-order valence-electron chi connectivity index (χ3n) is 8.03. The molecule has 0 radical (unpaired) electrons. The Morgan fingerprint density at radius 3 is 2.61 bits per heavy atom. The number of H-pyrrole nitrogens is 1. The zero-order valence-corrected chi connectivity index (χ0v) is 25.6. The van der Waals surface area contributed by atoms with Crippen LogP contribution in [0.1, 0.15) is 25.3 Å². The topological polar surface area (TPSA) is 118 Å². The lowest BCUT2D eigenvalue weighted by molar-refractivity contribution is 0.302. The van der Waals surface area contributed by atoms with Crippen molar-refractivity contribution in [2.75, 3.05) is 33.8 Å². The van der Waals surface area contributed by atoms with Crippen LogP contribution in [0.25, 0.3) is 38.2 Å². The number of imidazole rings is 1. The van der Waals surface area contributed by atoms with Crippen molar-refractivity contribution in [1.29, 1.82) is 0 Å². The largest absolute Gasteiger partial charge is 0.493 e. The van der Waals surface area contributed by atoms with Gasteiger partial charge in [0, 0.05) is 25.7 Å². The molecule has 1 N–H and O–H groups in total. The lowest BCUT2D eigenvalue weighted by Crippen LogP contribution is -2.34. The standard InChI is InChI=1S/C32H33N7O4S/c1-5-14-43-30-11-10-24(44(41,42)39-13-12-23(19-39)37(3)4)15-26(30)31-35-27-17-28-29(16-25(27)32(40)36-31)38(20-34-28)18-21-6-8-22(33-2)9-7-21/h6-11,15-17,20,23H,5,12-14,18-19H2,1,3-4H3,(H,35,36,40). The Morgan fingerprint density at radius 1 is 1.11 bits per heavy atom. The van der Waals surface area contributed by atoms with Gasteiger partial charge >= 0.3 is 0 Å². The van der Waals surface area contributed by atoms with Gasteiger partial charge in [0.15, 0.2) is 5.69 Å². The third kappa shape index (κ3) is 5.57. The number of likely N-dealkylation sites (N-methyl/N-ethyl adjacent to an activating group) is 1. The maximum absolute atomic E-state index is 13.7. The molecule has 3 heterocycles. The minimum Gasteiger partial charge on any atom is -0.493 e. The molecule has 44 heavy (non-hydrogen) atoms. The summed E-state index contributed by atoms with van der Waals surface area (Å²) in [6.07, 6.45) is 3.23. The number of hydrogen-bond acceptors (Lipinski definition) is 7. The number of ether oxygens (including phenoxy) is 1. The molecule has 0 spiro atoms. The number of rotatable bonds is 9. The van der Waals surface area contributed by atoms with Crippen molar-refractivity contribution < 1.29 is 13.2 Å². The average Bonchev–Trinajstić information content (AvgIpc) is 3.68. The second-order valence-corrected chi connectivity index (χ2v) is 13.1. The van der Waals surface area contributed by atoms with Gasteiger partial charge < -0.3 is 19.2 Å². The molecule has 1 aliphatic heterocycles. The van der Waals surface area contributed by atoms with Gasteiger partial charge in [0.25, 0.3) is 5.56 Å². The summed E-state index contributed by atoms with van der Waals surface area (Å²) < 4.78 is 36.7. The number of sulfonamides is 1. The highest BCUT2D eigenvalue weighted by molar-refractivity contribution is 7.89. The lowest BCUT2D eigenvalue weighted by Gasteiger charge is -2.21. The Labute approximate surface area is 255 Å². The van der Waals surface area contributed by atoms with E-state index in [-0.39, 0.29) is 22.3 Å². The van der Waals surface area contributed by atoms with Crippen LogP contribution in [0.4, 0.5) is 5.69 Å². The van der Waals surface area contributed by atoms with E-state index in [0.29, 0.717) is 59.7 Å². The van der Waals surface area contributed by atoms with Crippen molar-refractivity contribution >= 4 is 37.6 Å². The minimum atomic E-state index is -3.78. The van der Waals surface area contributed by atoms with E-state index in [1.165, 1.54) is 4.31 Å². The van der Waals surface area contributed by atoms with E-state index in [2.05, 4.69) is 14.8 Å². The molecular formula is C32H33N7O4S. The first-order valence-corrected chi connectivity index (χ1v) is 15.9. The number of nitrogens with zero attached hydrogens (tertiary/aromatic N) is 6. The summed E-state index contributed by atoms with van der Waals surface area (Å²) in [7, 11) is 0.129. The van der Waals surface area contributed by atoms with Gasteiger partial charge in [-0.1, -0.05) is 31.2 Å². The predicted molar refractivity (Wildman–Crippen MR) is 170 cm³/mol. The quantitative estimate of drug-likeness (QED) is 0.241. The number of hydrogen-bond donors (Lipinski definition) is 1. The molecule has 11 nitrogen and oxygen atoms in total. The van der Waals surface area contributed by atoms with E-state index in [1.54, 1.807) is 48.8 Å². The van der Waals surface area contributed by atoms with Crippen LogP contribution in [0, 0.1) is 6.57 Å². The maximum atomic E-state index is 13.7. The average molecular weight is 612 g/mol. The van der Waals surface area contributed by atoms with Crippen molar-refractivity contribution in [2.24, 2.45) is 0 Å². The molecule has 1 aliphatic rings. The first-order valence-electron chi connectivity index (χ1n) is 14.5. The summed E-state index contributed by atoms with van der Waals surface area (Å²) in [5.41, 5.74) is 3.49. The first kappa shape index (κ1) is 29.5. The summed E-state index contributed by atoms with van der Waals surface area (Å²) in [5.74, 6) is 0.660.